The van der Waals surface area contributed by atoms with E-state index >= 15 is 0 Å². The first-order valence-electron chi connectivity index (χ1n) is 8.14. The van der Waals surface area contributed by atoms with Crippen molar-refractivity contribution < 1.29 is 4.74 Å². The molecule has 0 bridgehead atoms. The molecule has 3 aromatic heterocycles. The van der Waals surface area contributed by atoms with E-state index in [2.05, 4.69) is 10.1 Å². The number of nitrogens with zero attached hydrogens (tertiary/aromatic N) is 4. The van der Waals surface area contributed by atoms with Crippen LogP contribution in [0.3, 0.4) is 0 Å². The molecular formula is C19H17ClN4O. The number of benzene rings is 1. The first-order valence-corrected chi connectivity index (χ1v) is 8.52. The molecule has 0 aliphatic rings. The number of fused-ring (bicyclic) bond motifs is 2. The van der Waals surface area contributed by atoms with Crippen molar-refractivity contribution in [3.63, 3.8) is 0 Å². The largest absolute Gasteiger partial charge is 0.478 e. The zero-order valence-corrected chi connectivity index (χ0v) is 15.0. The summed E-state index contributed by atoms with van der Waals surface area (Å²) in [4.78, 5) is 9.33. The fourth-order valence-corrected chi connectivity index (χ4v) is 3.52. The third-order valence-electron chi connectivity index (χ3n) is 4.17. The quantitative estimate of drug-likeness (QED) is 0.539. The van der Waals surface area contributed by atoms with Gasteiger partial charge in [-0.1, -0.05) is 29.8 Å². The highest BCUT2D eigenvalue weighted by Crippen LogP contribution is 2.34. The molecule has 4 rings (SSSR count). The van der Waals surface area contributed by atoms with Crippen molar-refractivity contribution in [1.82, 2.24) is 19.7 Å². The van der Waals surface area contributed by atoms with Crippen LogP contribution in [0.15, 0.2) is 36.4 Å². The Morgan fingerprint density at radius 1 is 1.04 bits per heavy atom. The van der Waals surface area contributed by atoms with Gasteiger partial charge in [-0.25, -0.2) is 4.98 Å². The second-order valence-corrected chi connectivity index (χ2v) is 6.24. The molecule has 4 aromatic rings. The molecular weight excluding hydrogens is 336 g/mol. The smallest absolute Gasteiger partial charge is 0.215 e. The van der Waals surface area contributed by atoms with Gasteiger partial charge in [0.15, 0.2) is 11.5 Å². The van der Waals surface area contributed by atoms with E-state index in [1.54, 1.807) is 4.68 Å². The van der Waals surface area contributed by atoms with Gasteiger partial charge < -0.3 is 4.74 Å². The predicted octanol–water partition coefficient (Wildman–Crippen LogP) is 4.64. The molecule has 0 aliphatic carbocycles. The Balaban J connectivity index is 2.03. The fraction of sp³-hybridized carbons (Fsp3) is 0.211. The van der Waals surface area contributed by atoms with Crippen molar-refractivity contribution in [2.24, 2.45) is 0 Å². The molecule has 0 saturated heterocycles. The summed E-state index contributed by atoms with van der Waals surface area (Å²) < 4.78 is 7.22. The summed E-state index contributed by atoms with van der Waals surface area (Å²) in [6.07, 6.45) is 0. The zero-order chi connectivity index (χ0) is 17.6. The lowest BCUT2D eigenvalue weighted by Gasteiger charge is -2.08. The highest BCUT2D eigenvalue weighted by atomic mass is 35.5. The van der Waals surface area contributed by atoms with Crippen LogP contribution in [0, 0.1) is 13.8 Å². The zero-order valence-electron chi connectivity index (χ0n) is 14.2. The van der Waals surface area contributed by atoms with E-state index in [0.717, 1.165) is 27.5 Å². The van der Waals surface area contributed by atoms with Crippen LogP contribution in [0.25, 0.3) is 27.8 Å². The van der Waals surface area contributed by atoms with Crippen LogP contribution in [-0.4, -0.2) is 26.4 Å². The molecule has 0 spiro atoms. The topological polar surface area (TPSA) is 52.8 Å². The highest BCUT2D eigenvalue weighted by molar-refractivity contribution is 6.40. The van der Waals surface area contributed by atoms with Crippen molar-refractivity contribution in [2.75, 3.05) is 6.61 Å². The molecule has 0 N–H and O–H groups in total. The number of pyridine rings is 2. The van der Waals surface area contributed by atoms with Gasteiger partial charge in [0.1, 0.15) is 0 Å². The summed E-state index contributed by atoms with van der Waals surface area (Å²) in [5.41, 5.74) is 3.46. The van der Waals surface area contributed by atoms with Crippen LogP contribution < -0.4 is 4.74 Å². The van der Waals surface area contributed by atoms with Crippen molar-refractivity contribution in [3.05, 3.63) is 52.7 Å². The maximum absolute atomic E-state index is 6.73. The van der Waals surface area contributed by atoms with Gasteiger partial charge in [-0.15, -0.1) is 0 Å². The minimum Gasteiger partial charge on any atom is -0.478 e. The van der Waals surface area contributed by atoms with E-state index in [1.807, 2.05) is 57.2 Å². The van der Waals surface area contributed by atoms with Crippen LogP contribution in [0.2, 0.25) is 5.02 Å². The number of hydrogen-bond donors (Lipinski definition) is 0. The molecule has 6 heteroatoms. The number of ether oxygens (including phenoxy) is 1. The summed E-state index contributed by atoms with van der Waals surface area (Å²) in [6, 6.07) is 11.6. The first kappa shape index (κ1) is 15.8. The lowest BCUT2D eigenvalue weighted by molar-refractivity contribution is 0.326. The first-order chi connectivity index (χ1) is 12.1. The van der Waals surface area contributed by atoms with Gasteiger partial charge in [0.2, 0.25) is 5.88 Å². The minimum absolute atomic E-state index is 0.559. The van der Waals surface area contributed by atoms with Crippen LogP contribution in [-0.2, 0) is 0 Å². The molecule has 0 saturated carbocycles. The molecule has 3 heterocycles. The van der Waals surface area contributed by atoms with E-state index < -0.39 is 0 Å². The number of rotatable bonds is 3. The second-order valence-electron chi connectivity index (χ2n) is 5.86. The summed E-state index contributed by atoms with van der Waals surface area (Å²) in [5, 5.41) is 7.13. The van der Waals surface area contributed by atoms with Crippen molar-refractivity contribution in [2.45, 2.75) is 20.8 Å². The maximum Gasteiger partial charge on any atom is 0.215 e. The molecule has 0 aliphatic heterocycles. The SMILES string of the molecule is CCOc1cccc(-n2nc(C)c3c(Cl)c4c(C)cccc4nc32)n1. The maximum atomic E-state index is 6.73. The summed E-state index contributed by atoms with van der Waals surface area (Å²) in [7, 11) is 0. The number of halogens is 1. The molecule has 0 unspecified atom stereocenters. The second kappa shape index (κ2) is 6.01. The molecule has 0 radical (unpaired) electrons. The van der Waals surface area contributed by atoms with Crippen LogP contribution in [0.5, 0.6) is 5.88 Å². The lowest BCUT2D eigenvalue weighted by Crippen LogP contribution is -2.03. The summed E-state index contributed by atoms with van der Waals surface area (Å²) in [5.74, 6) is 1.21. The molecule has 0 atom stereocenters. The van der Waals surface area contributed by atoms with E-state index in [0.29, 0.717) is 29.0 Å². The van der Waals surface area contributed by atoms with Crippen LogP contribution in [0.1, 0.15) is 18.2 Å². The number of hydrogen-bond acceptors (Lipinski definition) is 4. The minimum atomic E-state index is 0.559. The van der Waals surface area contributed by atoms with E-state index in [-0.39, 0.29) is 0 Å². The molecule has 0 fully saturated rings. The summed E-state index contributed by atoms with van der Waals surface area (Å²) >= 11 is 6.73. The van der Waals surface area contributed by atoms with Crippen molar-refractivity contribution >= 4 is 33.5 Å². The third-order valence-corrected chi connectivity index (χ3v) is 4.55. The van der Waals surface area contributed by atoms with E-state index in [9.17, 15) is 0 Å². The Bertz CT molecular complexity index is 1100. The van der Waals surface area contributed by atoms with Crippen LogP contribution >= 0.6 is 11.6 Å². The molecule has 1 aromatic carbocycles. The van der Waals surface area contributed by atoms with E-state index in [4.69, 9.17) is 21.3 Å². The Labute approximate surface area is 150 Å². The normalized spacial score (nSPS) is 11.4. The van der Waals surface area contributed by atoms with Gasteiger partial charge in [0.25, 0.3) is 0 Å². The number of aromatic nitrogens is 4. The predicted molar refractivity (Wildman–Crippen MR) is 99.8 cm³/mol. The molecule has 0 amide bonds. The summed E-state index contributed by atoms with van der Waals surface area (Å²) in [6.45, 7) is 6.46. The van der Waals surface area contributed by atoms with Crippen molar-refractivity contribution in [3.8, 4) is 11.7 Å². The Hall–Kier alpha value is -2.66. The third kappa shape index (κ3) is 2.51. The highest BCUT2D eigenvalue weighted by Gasteiger charge is 2.18. The van der Waals surface area contributed by atoms with E-state index in [1.165, 1.54) is 0 Å². The van der Waals surface area contributed by atoms with Gasteiger partial charge in [-0.3, -0.25) is 0 Å². The fourth-order valence-electron chi connectivity index (χ4n) is 3.06. The Kier molecular flexibility index (Phi) is 3.81. The van der Waals surface area contributed by atoms with Gasteiger partial charge >= 0.3 is 0 Å². The average molecular weight is 353 g/mol. The molecule has 25 heavy (non-hydrogen) atoms. The Morgan fingerprint density at radius 3 is 2.64 bits per heavy atom. The lowest BCUT2D eigenvalue weighted by atomic mass is 10.1. The standard InChI is InChI=1S/C19H17ClN4O/c1-4-25-15-10-6-9-14(22-15)24-19-17(12(3)23-24)18(20)16-11(2)7-5-8-13(16)21-19/h5-10H,4H2,1-3H3. The monoisotopic (exact) mass is 352 g/mol. The van der Waals surface area contributed by atoms with Crippen LogP contribution in [0.4, 0.5) is 0 Å². The average Bonchev–Trinajstić information content (AvgIpc) is 2.92. The molecule has 126 valence electrons. The van der Waals surface area contributed by atoms with Gasteiger partial charge in [-0.2, -0.15) is 14.8 Å². The number of aryl methyl sites for hydroxylation is 2. The van der Waals surface area contributed by atoms with Gasteiger partial charge in [0, 0.05) is 11.5 Å². The Morgan fingerprint density at radius 2 is 1.84 bits per heavy atom. The van der Waals surface area contributed by atoms with Gasteiger partial charge in [-0.05, 0) is 38.5 Å². The van der Waals surface area contributed by atoms with Crippen molar-refractivity contribution in [1.29, 1.82) is 0 Å². The molecule has 5 nitrogen and oxygen atoms in total. The van der Waals surface area contributed by atoms with Gasteiger partial charge in [0.05, 0.1) is 28.2 Å².